The van der Waals surface area contributed by atoms with Crippen LogP contribution in [-0.4, -0.2) is 38.3 Å². The average molecular weight is 218 g/mol. The Balaban J connectivity index is 2.90. The summed E-state index contributed by atoms with van der Waals surface area (Å²) >= 11 is 0. The molecule has 0 saturated carbocycles. The van der Waals surface area contributed by atoms with Crippen LogP contribution in [0.15, 0.2) is 15.4 Å². The topological polar surface area (TPSA) is 95.8 Å². The van der Waals surface area contributed by atoms with E-state index in [1.54, 1.807) is 0 Å². The third-order valence-corrected chi connectivity index (χ3v) is 2.90. The van der Waals surface area contributed by atoms with Crippen LogP contribution in [0, 0.1) is 0 Å². The van der Waals surface area contributed by atoms with Gasteiger partial charge in [-0.1, -0.05) is 6.92 Å². The average Bonchev–Trinajstić information content (AvgIpc) is 2.37. The Hall–Kier alpha value is -1.21. The Kier molecular flexibility index (Phi) is 3.02. The molecule has 2 N–H and O–H groups in total. The van der Waals surface area contributed by atoms with Crippen LogP contribution >= 0.6 is 0 Å². The Bertz CT molecular complexity index is 407. The van der Waals surface area contributed by atoms with Gasteiger partial charge in [-0.3, -0.25) is 0 Å². The summed E-state index contributed by atoms with van der Waals surface area (Å²) < 4.78 is 25.5. The number of carboxylic acids is 1. The normalized spacial score (nSPS) is 18.9. The SMILES string of the molecule is CCNCC1=NS(=O)(=O)C(C(=O)O)=C1. The fraction of sp³-hybridized carbons (Fsp3) is 0.429. The summed E-state index contributed by atoms with van der Waals surface area (Å²) in [5.41, 5.74) is 0.226. The van der Waals surface area contributed by atoms with Crippen LogP contribution in [0.4, 0.5) is 0 Å². The molecule has 0 aromatic rings. The third kappa shape index (κ3) is 2.18. The highest BCUT2D eigenvalue weighted by atomic mass is 32.2. The van der Waals surface area contributed by atoms with E-state index in [-0.39, 0.29) is 12.3 Å². The highest BCUT2D eigenvalue weighted by Gasteiger charge is 2.29. The van der Waals surface area contributed by atoms with Crippen LogP contribution < -0.4 is 5.32 Å². The van der Waals surface area contributed by atoms with E-state index in [0.717, 1.165) is 6.08 Å². The Morgan fingerprint density at radius 2 is 2.29 bits per heavy atom. The summed E-state index contributed by atoms with van der Waals surface area (Å²) in [5.74, 6) is -1.47. The largest absolute Gasteiger partial charge is 0.477 e. The van der Waals surface area contributed by atoms with Crippen molar-refractivity contribution in [2.45, 2.75) is 6.92 Å². The molecule has 1 aliphatic rings. The number of carboxylic acid groups (broad SMARTS) is 1. The van der Waals surface area contributed by atoms with Crippen LogP contribution in [0.25, 0.3) is 0 Å². The van der Waals surface area contributed by atoms with Gasteiger partial charge in [-0.15, -0.1) is 0 Å². The van der Waals surface area contributed by atoms with Crippen molar-refractivity contribution in [1.82, 2.24) is 5.32 Å². The lowest BCUT2D eigenvalue weighted by Crippen LogP contribution is -2.20. The molecule has 7 heteroatoms. The van der Waals surface area contributed by atoms with Gasteiger partial charge in [-0.25, -0.2) is 4.79 Å². The first-order valence-electron chi connectivity index (χ1n) is 3.97. The minimum Gasteiger partial charge on any atom is -0.477 e. The van der Waals surface area contributed by atoms with Crippen molar-refractivity contribution in [1.29, 1.82) is 0 Å². The number of aliphatic carboxylic acids is 1. The molecule has 1 rings (SSSR count). The van der Waals surface area contributed by atoms with E-state index >= 15 is 0 Å². The molecule has 0 unspecified atom stereocenters. The second-order valence-corrected chi connectivity index (χ2v) is 4.22. The molecule has 0 spiro atoms. The van der Waals surface area contributed by atoms with Crippen molar-refractivity contribution in [3.05, 3.63) is 11.0 Å². The first-order chi connectivity index (χ1) is 6.47. The summed E-state index contributed by atoms with van der Waals surface area (Å²) in [5, 5.41) is 11.4. The fourth-order valence-corrected chi connectivity index (χ4v) is 1.99. The van der Waals surface area contributed by atoms with Crippen molar-refractivity contribution in [2.75, 3.05) is 13.1 Å². The zero-order valence-corrected chi connectivity index (χ0v) is 8.34. The van der Waals surface area contributed by atoms with Gasteiger partial charge >= 0.3 is 5.97 Å². The van der Waals surface area contributed by atoms with Gasteiger partial charge < -0.3 is 10.4 Å². The monoisotopic (exact) mass is 218 g/mol. The molecule has 0 bridgehead atoms. The van der Waals surface area contributed by atoms with Gasteiger partial charge in [-0.2, -0.15) is 12.8 Å². The van der Waals surface area contributed by atoms with Crippen LogP contribution in [0.1, 0.15) is 6.92 Å². The number of nitrogens with zero attached hydrogens (tertiary/aromatic N) is 1. The maximum atomic E-state index is 11.1. The second kappa shape index (κ2) is 3.89. The van der Waals surface area contributed by atoms with E-state index in [0.29, 0.717) is 6.54 Å². The Morgan fingerprint density at radius 1 is 1.64 bits per heavy atom. The van der Waals surface area contributed by atoms with Crippen molar-refractivity contribution in [2.24, 2.45) is 4.40 Å². The lowest BCUT2D eigenvalue weighted by Gasteiger charge is -1.95. The highest BCUT2D eigenvalue weighted by molar-refractivity contribution is 7.95. The van der Waals surface area contributed by atoms with Crippen molar-refractivity contribution < 1.29 is 18.3 Å². The van der Waals surface area contributed by atoms with Gasteiger partial charge in [0, 0.05) is 6.54 Å². The molecule has 0 aromatic carbocycles. The van der Waals surface area contributed by atoms with E-state index < -0.39 is 20.9 Å². The van der Waals surface area contributed by atoms with E-state index in [9.17, 15) is 13.2 Å². The van der Waals surface area contributed by atoms with Gasteiger partial charge in [-0.05, 0) is 12.6 Å². The lowest BCUT2D eigenvalue weighted by molar-refractivity contribution is -0.131. The highest BCUT2D eigenvalue weighted by Crippen LogP contribution is 2.16. The zero-order chi connectivity index (χ0) is 10.8. The molecular weight excluding hydrogens is 208 g/mol. The van der Waals surface area contributed by atoms with Crippen molar-refractivity contribution in [3.8, 4) is 0 Å². The zero-order valence-electron chi connectivity index (χ0n) is 7.52. The van der Waals surface area contributed by atoms with Crippen molar-refractivity contribution >= 4 is 21.7 Å². The first kappa shape index (κ1) is 10.9. The Morgan fingerprint density at radius 3 is 2.71 bits per heavy atom. The second-order valence-electron chi connectivity index (χ2n) is 2.65. The van der Waals surface area contributed by atoms with E-state index in [1.165, 1.54) is 0 Å². The maximum absolute atomic E-state index is 11.1. The van der Waals surface area contributed by atoms with E-state index in [4.69, 9.17) is 5.11 Å². The van der Waals surface area contributed by atoms with Gasteiger partial charge in [0.05, 0.1) is 5.71 Å². The molecule has 1 aliphatic heterocycles. The number of hydrogen-bond donors (Lipinski definition) is 2. The number of nitrogens with one attached hydrogen (secondary N) is 1. The van der Waals surface area contributed by atoms with Gasteiger partial charge in [0.1, 0.15) is 0 Å². The molecule has 1 heterocycles. The molecule has 0 amide bonds. The maximum Gasteiger partial charge on any atom is 0.349 e. The van der Waals surface area contributed by atoms with Gasteiger partial charge in [0.2, 0.25) is 0 Å². The number of sulfonamides is 1. The predicted molar refractivity (Wildman–Crippen MR) is 50.6 cm³/mol. The van der Waals surface area contributed by atoms with Crippen LogP contribution in [-0.2, 0) is 14.8 Å². The molecule has 0 saturated heterocycles. The molecular formula is C7H10N2O4S. The molecule has 14 heavy (non-hydrogen) atoms. The third-order valence-electron chi connectivity index (χ3n) is 1.58. The first-order valence-corrected chi connectivity index (χ1v) is 5.41. The summed E-state index contributed by atoms with van der Waals surface area (Å²) in [6.07, 6.45) is 1.07. The lowest BCUT2D eigenvalue weighted by atomic mass is 10.3. The molecule has 0 atom stereocenters. The van der Waals surface area contributed by atoms with Crippen LogP contribution in [0.3, 0.4) is 0 Å². The summed E-state index contributed by atoms with van der Waals surface area (Å²) in [6.45, 7) is 2.77. The fourth-order valence-electron chi connectivity index (χ4n) is 0.964. The van der Waals surface area contributed by atoms with Crippen molar-refractivity contribution in [3.63, 3.8) is 0 Å². The number of hydrogen-bond acceptors (Lipinski definition) is 4. The summed E-state index contributed by atoms with van der Waals surface area (Å²) in [7, 11) is -3.96. The number of carbonyl (C=O) groups is 1. The molecule has 0 aromatic heterocycles. The van der Waals surface area contributed by atoms with Gasteiger partial charge in [0.15, 0.2) is 4.91 Å². The summed E-state index contributed by atoms with van der Waals surface area (Å²) in [4.78, 5) is 9.83. The van der Waals surface area contributed by atoms with Crippen LogP contribution in [0.5, 0.6) is 0 Å². The standard InChI is InChI=1S/C7H10N2O4S/c1-2-8-4-5-3-6(7(10)11)14(12,13)9-5/h3,8H,2,4H2,1H3,(H,10,11). The molecule has 6 nitrogen and oxygen atoms in total. The molecule has 0 radical (unpaired) electrons. The molecule has 0 fully saturated rings. The summed E-state index contributed by atoms with van der Waals surface area (Å²) in [6, 6.07) is 0. The quantitative estimate of drug-likeness (QED) is 0.653. The molecule has 78 valence electrons. The number of rotatable bonds is 4. The minimum absolute atomic E-state index is 0.226. The smallest absolute Gasteiger partial charge is 0.349 e. The van der Waals surface area contributed by atoms with E-state index in [2.05, 4.69) is 9.71 Å². The van der Waals surface area contributed by atoms with E-state index in [1.807, 2.05) is 6.92 Å². The molecule has 0 aliphatic carbocycles. The predicted octanol–water partition coefficient (Wildman–Crippen LogP) is -0.651. The van der Waals surface area contributed by atoms with Crippen LogP contribution in [0.2, 0.25) is 0 Å². The van der Waals surface area contributed by atoms with Gasteiger partial charge in [0.25, 0.3) is 10.0 Å². The minimum atomic E-state index is -3.96. The Labute approximate surface area is 81.4 Å².